The van der Waals surface area contributed by atoms with Gasteiger partial charge in [0.1, 0.15) is 11.9 Å². The number of ketones is 2. The fourth-order valence-electron chi connectivity index (χ4n) is 0.507. The van der Waals surface area contributed by atoms with Crippen LogP contribution < -0.4 is 10.2 Å². The third kappa shape index (κ3) is 17.7. The summed E-state index contributed by atoms with van der Waals surface area (Å²) in [7, 11) is 0. The largest absolute Gasteiger partial charge is 2.00 e. The monoisotopic (exact) mass is 489 g/mol. The molecule has 0 saturated heterocycles. The first-order chi connectivity index (χ1) is 8.36. The van der Waals surface area contributed by atoms with E-state index in [-0.39, 0.29) is 32.6 Å². The summed E-state index contributed by atoms with van der Waals surface area (Å²) in [6.07, 6.45) is 0. The van der Waals surface area contributed by atoms with E-state index in [9.17, 15) is 29.4 Å². The standard InChI is InChI=1S/2C5H8O3S.Pt/c2*1-2-9-3-4(6)5(7)8;/h2*2-3H2,1H3,(H,7,8);/q;;+2/p-2. The Morgan fingerprint density at radius 3 is 1.21 bits per heavy atom. The predicted octanol–water partition coefficient (Wildman–Crippen LogP) is -1.89. The second kappa shape index (κ2) is 15.7. The zero-order chi connectivity index (χ0) is 14.6. The number of aliphatic carboxylic acids is 2. The molecule has 0 aliphatic heterocycles. The van der Waals surface area contributed by atoms with Gasteiger partial charge in [0.05, 0.1) is 11.5 Å². The predicted molar refractivity (Wildman–Crippen MR) is 66.0 cm³/mol. The first-order valence-corrected chi connectivity index (χ1v) is 7.31. The Balaban J connectivity index is -0.000000256. The molecule has 0 bridgehead atoms. The van der Waals surface area contributed by atoms with E-state index in [2.05, 4.69) is 0 Å². The van der Waals surface area contributed by atoms with Crippen LogP contribution in [0.5, 0.6) is 0 Å². The Hall–Kier alpha value is -0.332. The Kier molecular flexibility index (Phi) is 19.6. The van der Waals surface area contributed by atoms with Crippen molar-refractivity contribution < 1.29 is 50.5 Å². The maximum absolute atomic E-state index is 10.2. The molecule has 0 atom stereocenters. The van der Waals surface area contributed by atoms with Crippen molar-refractivity contribution in [2.45, 2.75) is 13.8 Å². The van der Waals surface area contributed by atoms with E-state index in [1.165, 1.54) is 23.5 Å². The van der Waals surface area contributed by atoms with Gasteiger partial charge >= 0.3 is 21.1 Å². The molecule has 19 heavy (non-hydrogen) atoms. The summed E-state index contributed by atoms with van der Waals surface area (Å²) in [5.41, 5.74) is 0. The molecule has 0 heterocycles. The Morgan fingerprint density at radius 2 is 1.05 bits per heavy atom. The third-order valence-electron chi connectivity index (χ3n) is 1.33. The van der Waals surface area contributed by atoms with E-state index in [0.29, 0.717) is 0 Å². The van der Waals surface area contributed by atoms with E-state index in [1.807, 2.05) is 13.8 Å². The van der Waals surface area contributed by atoms with Gasteiger partial charge in [0.15, 0.2) is 11.6 Å². The van der Waals surface area contributed by atoms with Gasteiger partial charge < -0.3 is 19.8 Å². The van der Waals surface area contributed by atoms with Crippen LogP contribution in [0.3, 0.4) is 0 Å². The van der Waals surface area contributed by atoms with Crippen LogP contribution in [0.15, 0.2) is 0 Å². The Labute approximate surface area is 134 Å². The van der Waals surface area contributed by atoms with E-state index < -0.39 is 23.5 Å². The van der Waals surface area contributed by atoms with Crippen molar-refractivity contribution in [1.29, 1.82) is 0 Å². The molecule has 0 rings (SSSR count). The summed E-state index contributed by atoms with van der Waals surface area (Å²) in [6.45, 7) is 3.71. The minimum atomic E-state index is -1.59. The number of carboxylic acid groups (broad SMARTS) is 2. The summed E-state index contributed by atoms with van der Waals surface area (Å²) >= 11 is 2.55. The molecule has 0 saturated carbocycles. The van der Waals surface area contributed by atoms with Crippen LogP contribution in [0.25, 0.3) is 0 Å². The van der Waals surface area contributed by atoms with Crippen molar-refractivity contribution in [2.24, 2.45) is 0 Å². The van der Waals surface area contributed by atoms with E-state index in [1.54, 1.807) is 0 Å². The Bertz CT molecular complexity index is 278. The Morgan fingerprint density at radius 1 is 0.789 bits per heavy atom. The molecule has 0 fully saturated rings. The SMILES string of the molecule is CCSCC(=O)C(=O)[O-].CCSCC(=O)C(=O)[O-].[Pt+2]. The fourth-order valence-corrected chi connectivity index (χ4v) is 1.52. The summed E-state index contributed by atoms with van der Waals surface area (Å²) in [4.78, 5) is 39.9. The zero-order valence-corrected chi connectivity index (χ0v) is 14.3. The van der Waals surface area contributed by atoms with Gasteiger partial charge in [-0.05, 0) is 11.5 Å². The molecule has 6 nitrogen and oxygen atoms in total. The van der Waals surface area contributed by atoms with Gasteiger partial charge in [-0.25, -0.2) is 0 Å². The molecule has 0 aromatic rings. The minimum Gasteiger partial charge on any atom is -0.542 e. The van der Waals surface area contributed by atoms with Crippen LogP contribution in [0.4, 0.5) is 0 Å². The summed E-state index contributed by atoms with van der Waals surface area (Å²) in [5, 5.41) is 19.5. The van der Waals surface area contributed by atoms with Crippen molar-refractivity contribution in [2.75, 3.05) is 23.0 Å². The number of carbonyl (C=O) groups is 4. The molecular formula is C10H14O6PtS2. The maximum atomic E-state index is 10.2. The second-order valence-corrected chi connectivity index (χ2v) is 5.24. The van der Waals surface area contributed by atoms with E-state index in [0.717, 1.165) is 11.5 Å². The first kappa shape index (κ1) is 23.7. The number of hydrogen-bond acceptors (Lipinski definition) is 8. The molecule has 0 aliphatic carbocycles. The molecule has 0 amide bonds. The maximum Gasteiger partial charge on any atom is 2.00 e. The van der Waals surface area contributed by atoms with Crippen molar-refractivity contribution >= 4 is 47.0 Å². The number of carboxylic acids is 2. The van der Waals surface area contributed by atoms with Gasteiger partial charge in [0, 0.05) is 0 Å². The van der Waals surface area contributed by atoms with Gasteiger partial charge in [-0.2, -0.15) is 23.5 Å². The molecule has 0 radical (unpaired) electrons. The van der Waals surface area contributed by atoms with Gasteiger partial charge in [-0.3, -0.25) is 9.59 Å². The minimum absolute atomic E-state index is 0. The molecule has 112 valence electrons. The molecule has 9 heteroatoms. The number of hydrogen-bond donors (Lipinski definition) is 0. The summed E-state index contributed by atoms with van der Waals surface area (Å²) < 4.78 is 0. The van der Waals surface area contributed by atoms with Gasteiger partial charge in [0.25, 0.3) is 0 Å². The van der Waals surface area contributed by atoms with Crippen LogP contribution >= 0.6 is 23.5 Å². The molecule has 0 unspecified atom stereocenters. The molecule has 0 aliphatic rings. The zero-order valence-electron chi connectivity index (χ0n) is 10.4. The third-order valence-corrected chi connectivity index (χ3v) is 3.08. The summed E-state index contributed by atoms with van der Waals surface area (Å²) in [6, 6.07) is 0. The van der Waals surface area contributed by atoms with Crippen molar-refractivity contribution in [3.05, 3.63) is 0 Å². The van der Waals surface area contributed by atoms with Crippen molar-refractivity contribution in [3.8, 4) is 0 Å². The van der Waals surface area contributed by atoms with Crippen LogP contribution in [0.2, 0.25) is 0 Å². The van der Waals surface area contributed by atoms with Crippen LogP contribution in [-0.4, -0.2) is 46.5 Å². The number of thioether (sulfide) groups is 2. The first-order valence-electron chi connectivity index (χ1n) is 5.00. The van der Waals surface area contributed by atoms with Crippen molar-refractivity contribution in [1.82, 2.24) is 0 Å². The second-order valence-electron chi connectivity index (χ2n) is 2.70. The molecule has 0 aromatic carbocycles. The van der Waals surface area contributed by atoms with E-state index in [4.69, 9.17) is 0 Å². The van der Waals surface area contributed by atoms with Gasteiger partial charge in [0.2, 0.25) is 0 Å². The van der Waals surface area contributed by atoms with Crippen LogP contribution in [0.1, 0.15) is 13.8 Å². The summed E-state index contributed by atoms with van der Waals surface area (Å²) in [5.74, 6) is -3.29. The van der Waals surface area contributed by atoms with Crippen LogP contribution in [-0.2, 0) is 40.2 Å². The normalized spacial score (nSPS) is 8.53. The molecule has 0 N–H and O–H groups in total. The fraction of sp³-hybridized carbons (Fsp3) is 0.600. The van der Waals surface area contributed by atoms with Crippen LogP contribution in [0, 0.1) is 0 Å². The quantitative estimate of drug-likeness (QED) is 0.364. The topological polar surface area (TPSA) is 114 Å². The van der Waals surface area contributed by atoms with E-state index >= 15 is 0 Å². The number of rotatable bonds is 8. The average Bonchev–Trinajstić information content (AvgIpc) is 2.33. The molecule has 0 spiro atoms. The molecular weight excluding hydrogens is 475 g/mol. The number of Topliss-reactive ketones (excluding diaryl/α,β-unsaturated/α-hetero) is 2. The van der Waals surface area contributed by atoms with Gasteiger partial charge in [-0.15, -0.1) is 0 Å². The van der Waals surface area contributed by atoms with Gasteiger partial charge in [-0.1, -0.05) is 13.8 Å². The average molecular weight is 489 g/mol. The molecule has 0 aromatic heterocycles. The van der Waals surface area contributed by atoms with Crippen molar-refractivity contribution in [3.63, 3.8) is 0 Å². The number of carbonyl (C=O) groups excluding carboxylic acids is 4. The smallest absolute Gasteiger partial charge is 0.542 e.